The number of carbonyl (C=O) groups is 5. The molecule has 0 aliphatic rings. The van der Waals surface area contributed by atoms with E-state index in [1.807, 2.05) is 42.5 Å². The molecule has 0 unspecified atom stereocenters. The average Bonchev–Trinajstić information content (AvgIpc) is 3.02. The zero-order chi connectivity index (χ0) is 34.8. The molecule has 2 aromatic carbocycles. The number of amides is 3. The number of alkyl carbamates (subject to hydrolysis) is 1. The Labute approximate surface area is 277 Å². The number of unbranched alkanes of at least 4 members (excludes halogenated alkanes) is 1. The third-order valence-electron chi connectivity index (χ3n) is 7.05. The van der Waals surface area contributed by atoms with Crippen molar-refractivity contribution in [2.75, 3.05) is 20.3 Å². The van der Waals surface area contributed by atoms with Gasteiger partial charge in [-0.2, -0.15) is 0 Å². The number of ether oxygens (including phenoxy) is 3. The highest BCUT2D eigenvalue weighted by Crippen LogP contribution is 2.19. The maximum atomic E-state index is 13.7. The van der Waals surface area contributed by atoms with E-state index in [0.717, 1.165) is 11.1 Å². The van der Waals surface area contributed by atoms with Gasteiger partial charge in [0.15, 0.2) is 5.78 Å². The van der Waals surface area contributed by atoms with E-state index in [1.54, 1.807) is 39.0 Å². The van der Waals surface area contributed by atoms with Crippen LogP contribution in [0.5, 0.6) is 5.75 Å². The molecular formula is C36H49N3O8. The van der Waals surface area contributed by atoms with Gasteiger partial charge in [-0.05, 0) is 63.3 Å². The highest BCUT2D eigenvalue weighted by Gasteiger charge is 2.30. The molecule has 256 valence electrons. The molecule has 0 aromatic heterocycles. The van der Waals surface area contributed by atoms with Gasteiger partial charge in [-0.25, -0.2) is 9.59 Å². The molecule has 0 bridgehead atoms. The molecule has 2 aromatic rings. The van der Waals surface area contributed by atoms with E-state index in [0.29, 0.717) is 38.2 Å². The fourth-order valence-electron chi connectivity index (χ4n) is 4.81. The number of carbonyl (C=O) groups excluding carboxylic acids is 5. The second kappa shape index (κ2) is 19.8. The highest BCUT2D eigenvalue weighted by molar-refractivity contribution is 5.93. The molecule has 3 atom stereocenters. The SMILES string of the molecule is C=CCOc1ccc(C[C@H](NC(C)=O)C(=O)C[C@@H](CCCCNC(=O)OC(C)(C)C)C(=O)N[C@@H](Cc2ccccc2)C(=O)OC)cc1. The summed E-state index contributed by atoms with van der Waals surface area (Å²) in [5.41, 5.74) is 0.997. The Bertz CT molecular complexity index is 1320. The Morgan fingerprint density at radius 1 is 0.872 bits per heavy atom. The molecule has 2 rings (SSSR count). The number of hydrogen-bond donors (Lipinski definition) is 3. The average molecular weight is 652 g/mol. The number of rotatable bonds is 19. The molecule has 11 heteroatoms. The molecule has 0 fully saturated rings. The van der Waals surface area contributed by atoms with Crippen LogP contribution in [0.4, 0.5) is 4.79 Å². The maximum Gasteiger partial charge on any atom is 0.407 e. The summed E-state index contributed by atoms with van der Waals surface area (Å²) in [4.78, 5) is 64.1. The largest absolute Gasteiger partial charge is 0.490 e. The number of ketones is 1. The molecule has 47 heavy (non-hydrogen) atoms. The van der Waals surface area contributed by atoms with Crippen LogP contribution in [0.3, 0.4) is 0 Å². The van der Waals surface area contributed by atoms with Crippen molar-refractivity contribution >= 4 is 29.7 Å². The molecule has 0 aliphatic heterocycles. The van der Waals surface area contributed by atoms with Crippen molar-refractivity contribution in [2.24, 2.45) is 5.92 Å². The van der Waals surface area contributed by atoms with E-state index in [4.69, 9.17) is 14.2 Å². The van der Waals surface area contributed by atoms with Crippen LogP contribution in [0.2, 0.25) is 0 Å². The summed E-state index contributed by atoms with van der Waals surface area (Å²) < 4.78 is 15.8. The monoisotopic (exact) mass is 651 g/mol. The van der Waals surface area contributed by atoms with Gasteiger partial charge in [-0.1, -0.05) is 61.5 Å². The standard InChI is InChI=1S/C36H49N3O8/c1-7-21-46-29-18-16-27(17-19-29)22-30(38-25(2)40)32(41)24-28(15-11-12-20-37-35(44)47-36(3,4)5)33(42)39-31(34(43)45-6)23-26-13-9-8-10-14-26/h7-10,13-14,16-19,28,30-31H,1,11-12,15,20-24H2,2-6H3,(H,37,44)(H,38,40)(H,39,42)/t28-,30+,31+/m1/s1. The number of hydrogen-bond acceptors (Lipinski definition) is 8. The molecule has 0 spiro atoms. The van der Waals surface area contributed by atoms with E-state index < -0.39 is 41.6 Å². The quantitative estimate of drug-likeness (QED) is 0.115. The van der Waals surface area contributed by atoms with Crippen molar-refractivity contribution < 1.29 is 38.2 Å². The van der Waals surface area contributed by atoms with Crippen LogP contribution in [0, 0.1) is 5.92 Å². The van der Waals surface area contributed by atoms with Crippen LogP contribution in [0.1, 0.15) is 64.5 Å². The fourth-order valence-corrected chi connectivity index (χ4v) is 4.81. The predicted molar refractivity (Wildman–Crippen MR) is 179 cm³/mol. The van der Waals surface area contributed by atoms with Gasteiger partial charge in [-0.15, -0.1) is 0 Å². The minimum atomic E-state index is -0.964. The molecular weight excluding hydrogens is 602 g/mol. The van der Waals surface area contributed by atoms with Crippen LogP contribution in [0.25, 0.3) is 0 Å². The van der Waals surface area contributed by atoms with Crippen molar-refractivity contribution in [3.8, 4) is 5.75 Å². The molecule has 0 heterocycles. The molecule has 3 N–H and O–H groups in total. The lowest BCUT2D eigenvalue weighted by atomic mass is 9.90. The number of nitrogens with one attached hydrogen (secondary N) is 3. The first-order chi connectivity index (χ1) is 22.3. The van der Waals surface area contributed by atoms with E-state index in [1.165, 1.54) is 14.0 Å². The van der Waals surface area contributed by atoms with Crippen LogP contribution in [-0.4, -0.2) is 67.6 Å². The zero-order valence-corrected chi connectivity index (χ0v) is 28.1. The van der Waals surface area contributed by atoms with Gasteiger partial charge in [0.2, 0.25) is 11.8 Å². The summed E-state index contributed by atoms with van der Waals surface area (Å²) >= 11 is 0. The topological polar surface area (TPSA) is 149 Å². The Kier molecular flexibility index (Phi) is 16.2. The first kappa shape index (κ1) is 38.5. The van der Waals surface area contributed by atoms with Gasteiger partial charge < -0.3 is 30.2 Å². The smallest absolute Gasteiger partial charge is 0.407 e. The van der Waals surface area contributed by atoms with Crippen LogP contribution < -0.4 is 20.7 Å². The van der Waals surface area contributed by atoms with Gasteiger partial charge in [0.05, 0.1) is 13.2 Å². The summed E-state index contributed by atoms with van der Waals surface area (Å²) in [6.07, 6.45) is 2.68. The number of benzene rings is 2. The first-order valence-corrected chi connectivity index (χ1v) is 15.8. The van der Waals surface area contributed by atoms with Gasteiger partial charge in [0.25, 0.3) is 0 Å². The van der Waals surface area contributed by atoms with Gasteiger partial charge >= 0.3 is 12.1 Å². The first-order valence-electron chi connectivity index (χ1n) is 15.8. The molecule has 11 nitrogen and oxygen atoms in total. The highest BCUT2D eigenvalue weighted by atomic mass is 16.6. The Balaban J connectivity index is 2.19. The Morgan fingerprint density at radius 2 is 1.51 bits per heavy atom. The summed E-state index contributed by atoms with van der Waals surface area (Å²) in [7, 11) is 1.25. The van der Waals surface area contributed by atoms with E-state index in [2.05, 4.69) is 22.5 Å². The zero-order valence-electron chi connectivity index (χ0n) is 28.1. The van der Waals surface area contributed by atoms with E-state index in [9.17, 15) is 24.0 Å². The predicted octanol–water partition coefficient (Wildman–Crippen LogP) is 4.47. The molecule has 0 saturated carbocycles. The molecule has 0 aliphatic carbocycles. The van der Waals surface area contributed by atoms with E-state index >= 15 is 0 Å². The van der Waals surface area contributed by atoms with Crippen LogP contribution in [-0.2, 0) is 41.5 Å². The van der Waals surface area contributed by atoms with Crippen LogP contribution >= 0.6 is 0 Å². The lowest BCUT2D eigenvalue weighted by Gasteiger charge is -2.24. The summed E-state index contributed by atoms with van der Waals surface area (Å²) in [5, 5.41) is 8.22. The van der Waals surface area contributed by atoms with Crippen LogP contribution in [0.15, 0.2) is 67.3 Å². The maximum absolute atomic E-state index is 13.7. The molecule has 0 radical (unpaired) electrons. The summed E-state index contributed by atoms with van der Waals surface area (Å²) in [6, 6.07) is 14.5. The van der Waals surface area contributed by atoms with Gasteiger partial charge in [0, 0.05) is 32.2 Å². The van der Waals surface area contributed by atoms with E-state index in [-0.39, 0.29) is 31.0 Å². The lowest BCUT2D eigenvalue weighted by molar-refractivity contribution is -0.145. The van der Waals surface area contributed by atoms with Gasteiger partial charge in [0.1, 0.15) is 24.0 Å². The summed E-state index contributed by atoms with van der Waals surface area (Å²) in [6.45, 7) is 11.0. The number of esters is 1. The third-order valence-corrected chi connectivity index (χ3v) is 7.05. The normalized spacial score (nSPS) is 12.9. The minimum Gasteiger partial charge on any atom is -0.490 e. The minimum absolute atomic E-state index is 0.171. The third kappa shape index (κ3) is 15.4. The fraction of sp³-hybridized carbons (Fsp3) is 0.472. The van der Waals surface area contributed by atoms with Crippen molar-refractivity contribution in [1.29, 1.82) is 0 Å². The molecule has 3 amide bonds. The lowest BCUT2D eigenvalue weighted by Crippen LogP contribution is -2.47. The second-order valence-electron chi connectivity index (χ2n) is 12.3. The van der Waals surface area contributed by atoms with Gasteiger partial charge in [-0.3, -0.25) is 14.4 Å². The van der Waals surface area contributed by atoms with Crippen molar-refractivity contribution in [1.82, 2.24) is 16.0 Å². The number of methoxy groups -OCH3 is 1. The second-order valence-corrected chi connectivity index (χ2v) is 12.3. The molecule has 0 saturated heterocycles. The van der Waals surface area contributed by atoms with Crippen molar-refractivity contribution in [3.05, 3.63) is 78.4 Å². The number of Topliss-reactive ketones (excluding diaryl/α,β-unsaturated/α-hetero) is 1. The Hall–Kier alpha value is -4.67. The Morgan fingerprint density at radius 3 is 2.11 bits per heavy atom. The summed E-state index contributed by atoms with van der Waals surface area (Å²) in [5.74, 6) is -1.95. The van der Waals surface area contributed by atoms with Crippen molar-refractivity contribution in [3.63, 3.8) is 0 Å². The van der Waals surface area contributed by atoms with Crippen molar-refractivity contribution in [2.45, 2.75) is 83.9 Å².